The molecule has 0 aromatic carbocycles. The van der Waals surface area contributed by atoms with E-state index in [1.807, 2.05) is 0 Å². The third-order valence-corrected chi connectivity index (χ3v) is 3.77. The van der Waals surface area contributed by atoms with E-state index in [-0.39, 0.29) is 24.0 Å². The van der Waals surface area contributed by atoms with Crippen LogP contribution in [0.2, 0.25) is 0 Å². The van der Waals surface area contributed by atoms with E-state index < -0.39 is 0 Å². The fraction of sp³-hybridized carbons (Fsp3) is 0.933. The SMILES string of the molecule is CCNC(=NCC1(CC(C)C)CCC1)NCCOC.I. The van der Waals surface area contributed by atoms with Crippen molar-refractivity contribution in [3.05, 3.63) is 0 Å². The number of nitrogens with one attached hydrogen (secondary N) is 2. The minimum absolute atomic E-state index is 0. The summed E-state index contributed by atoms with van der Waals surface area (Å²) in [5, 5.41) is 6.61. The Kier molecular flexibility index (Phi) is 10.6. The van der Waals surface area contributed by atoms with E-state index in [9.17, 15) is 0 Å². The van der Waals surface area contributed by atoms with Crippen LogP contribution < -0.4 is 10.6 Å². The van der Waals surface area contributed by atoms with Gasteiger partial charge in [-0.3, -0.25) is 4.99 Å². The highest BCUT2D eigenvalue weighted by Crippen LogP contribution is 2.46. The zero-order valence-electron chi connectivity index (χ0n) is 13.5. The van der Waals surface area contributed by atoms with Gasteiger partial charge < -0.3 is 15.4 Å². The topological polar surface area (TPSA) is 45.7 Å². The van der Waals surface area contributed by atoms with Crippen molar-refractivity contribution in [1.82, 2.24) is 10.6 Å². The molecular weight excluding hydrogens is 365 g/mol. The molecule has 5 heteroatoms. The number of rotatable bonds is 8. The van der Waals surface area contributed by atoms with Crippen LogP contribution in [-0.4, -0.2) is 39.3 Å². The number of guanidine groups is 1. The molecule has 0 radical (unpaired) electrons. The van der Waals surface area contributed by atoms with Crippen molar-refractivity contribution in [3.8, 4) is 0 Å². The Bertz CT molecular complexity index is 278. The average Bonchev–Trinajstić information content (AvgIpc) is 2.32. The molecule has 0 bridgehead atoms. The number of hydrogen-bond acceptors (Lipinski definition) is 2. The predicted molar refractivity (Wildman–Crippen MR) is 97.0 cm³/mol. The quantitative estimate of drug-likeness (QED) is 0.287. The molecule has 0 spiro atoms. The second kappa shape index (κ2) is 10.7. The zero-order chi connectivity index (χ0) is 14.1. The number of halogens is 1. The van der Waals surface area contributed by atoms with Crippen LogP contribution in [-0.2, 0) is 4.74 Å². The maximum Gasteiger partial charge on any atom is 0.191 e. The summed E-state index contributed by atoms with van der Waals surface area (Å²) in [6, 6.07) is 0. The first-order valence-electron chi connectivity index (χ1n) is 7.63. The van der Waals surface area contributed by atoms with Crippen molar-refractivity contribution in [3.63, 3.8) is 0 Å². The summed E-state index contributed by atoms with van der Waals surface area (Å²) < 4.78 is 5.06. The van der Waals surface area contributed by atoms with Crippen LogP contribution in [0.4, 0.5) is 0 Å². The molecule has 0 unspecified atom stereocenters. The lowest BCUT2D eigenvalue weighted by molar-refractivity contribution is 0.111. The van der Waals surface area contributed by atoms with E-state index in [1.54, 1.807) is 7.11 Å². The number of nitrogens with zero attached hydrogens (tertiary/aromatic N) is 1. The van der Waals surface area contributed by atoms with Crippen LogP contribution in [0.25, 0.3) is 0 Å². The molecule has 0 aromatic rings. The van der Waals surface area contributed by atoms with Gasteiger partial charge in [-0.25, -0.2) is 0 Å². The highest BCUT2D eigenvalue weighted by atomic mass is 127. The lowest BCUT2D eigenvalue weighted by Gasteiger charge is -2.42. The zero-order valence-corrected chi connectivity index (χ0v) is 15.8. The number of hydrogen-bond donors (Lipinski definition) is 2. The molecule has 0 saturated heterocycles. The molecule has 0 aromatic heterocycles. The normalized spacial score (nSPS) is 17.4. The van der Waals surface area contributed by atoms with E-state index in [0.29, 0.717) is 12.0 Å². The molecule has 120 valence electrons. The highest BCUT2D eigenvalue weighted by molar-refractivity contribution is 14.0. The smallest absolute Gasteiger partial charge is 0.191 e. The third-order valence-electron chi connectivity index (χ3n) is 3.77. The Morgan fingerprint density at radius 2 is 2.00 bits per heavy atom. The van der Waals surface area contributed by atoms with Crippen molar-refractivity contribution in [1.29, 1.82) is 0 Å². The highest BCUT2D eigenvalue weighted by Gasteiger charge is 2.37. The van der Waals surface area contributed by atoms with Crippen molar-refractivity contribution in [2.75, 3.05) is 33.4 Å². The standard InChI is InChI=1S/C15H31N3O.HI/c1-5-16-14(17-9-10-19-4)18-12-15(7-6-8-15)11-13(2)3;/h13H,5-12H2,1-4H3,(H2,16,17,18);1H. The van der Waals surface area contributed by atoms with Crippen LogP contribution in [0, 0.1) is 11.3 Å². The molecule has 1 saturated carbocycles. The van der Waals surface area contributed by atoms with Gasteiger partial charge in [-0.1, -0.05) is 20.3 Å². The maximum atomic E-state index is 5.06. The van der Waals surface area contributed by atoms with Crippen LogP contribution in [0.5, 0.6) is 0 Å². The van der Waals surface area contributed by atoms with Gasteiger partial charge in [0.05, 0.1) is 6.61 Å². The molecule has 0 heterocycles. The van der Waals surface area contributed by atoms with Gasteiger partial charge in [0.1, 0.15) is 0 Å². The van der Waals surface area contributed by atoms with Gasteiger partial charge in [0.2, 0.25) is 0 Å². The summed E-state index contributed by atoms with van der Waals surface area (Å²) >= 11 is 0. The van der Waals surface area contributed by atoms with E-state index in [0.717, 1.165) is 31.5 Å². The molecule has 1 aliphatic carbocycles. The molecule has 20 heavy (non-hydrogen) atoms. The van der Waals surface area contributed by atoms with Gasteiger partial charge in [0, 0.05) is 26.7 Å². The van der Waals surface area contributed by atoms with Crippen molar-refractivity contribution in [2.45, 2.75) is 46.5 Å². The number of ether oxygens (including phenoxy) is 1. The van der Waals surface area contributed by atoms with Gasteiger partial charge in [-0.15, -0.1) is 24.0 Å². The van der Waals surface area contributed by atoms with Gasteiger partial charge in [0.15, 0.2) is 5.96 Å². The van der Waals surface area contributed by atoms with Gasteiger partial charge >= 0.3 is 0 Å². The van der Waals surface area contributed by atoms with Gasteiger partial charge in [-0.05, 0) is 37.5 Å². The van der Waals surface area contributed by atoms with Gasteiger partial charge in [-0.2, -0.15) is 0 Å². The minimum Gasteiger partial charge on any atom is -0.383 e. The molecule has 1 rings (SSSR count). The van der Waals surface area contributed by atoms with Crippen molar-refractivity contribution in [2.24, 2.45) is 16.3 Å². The van der Waals surface area contributed by atoms with Crippen LogP contribution >= 0.6 is 24.0 Å². The number of aliphatic imine (C=N–C) groups is 1. The molecule has 0 atom stereocenters. The van der Waals surface area contributed by atoms with Crippen molar-refractivity contribution >= 4 is 29.9 Å². The van der Waals surface area contributed by atoms with Crippen LogP contribution in [0.15, 0.2) is 4.99 Å². The van der Waals surface area contributed by atoms with Crippen molar-refractivity contribution < 1.29 is 4.74 Å². The van der Waals surface area contributed by atoms with E-state index >= 15 is 0 Å². The second-order valence-corrected chi connectivity index (χ2v) is 6.07. The summed E-state index contributed by atoms with van der Waals surface area (Å²) in [5.41, 5.74) is 0.470. The molecule has 2 N–H and O–H groups in total. The first-order valence-corrected chi connectivity index (χ1v) is 7.63. The second-order valence-electron chi connectivity index (χ2n) is 6.07. The Morgan fingerprint density at radius 3 is 2.45 bits per heavy atom. The summed E-state index contributed by atoms with van der Waals surface area (Å²) in [4.78, 5) is 4.77. The first kappa shape index (κ1) is 20.0. The number of methoxy groups -OCH3 is 1. The maximum absolute atomic E-state index is 5.06. The molecule has 0 aliphatic heterocycles. The summed E-state index contributed by atoms with van der Waals surface area (Å²) in [6.45, 7) is 10.1. The first-order chi connectivity index (χ1) is 9.12. The Balaban J connectivity index is 0.00000361. The monoisotopic (exact) mass is 397 g/mol. The minimum atomic E-state index is 0. The fourth-order valence-corrected chi connectivity index (χ4v) is 2.83. The van der Waals surface area contributed by atoms with E-state index in [1.165, 1.54) is 25.7 Å². The summed E-state index contributed by atoms with van der Waals surface area (Å²) in [6.07, 6.45) is 5.35. The predicted octanol–water partition coefficient (Wildman–Crippen LogP) is 3.02. The fourth-order valence-electron chi connectivity index (χ4n) is 2.83. The van der Waals surface area contributed by atoms with E-state index in [2.05, 4.69) is 31.4 Å². The van der Waals surface area contributed by atoms with Crippen LogP contribution in [0.3, 0.4) is 0 Å². The van der Waals surface area contributed by atoms with E-state index in [4.69, 9.17) is 9.73 Å². The Morgan fingerprint density at radius 1 is 1.30 bits per heavy atom. The molecule has 1 fully saturated rings. The lowest BCUT2D eigenvalue weighted by atomic mass is 9.64. The Hall–Kier alpha value is -0.0400. The summed E-state index contributed by atoms with van der Waals surface area (Å²) in [5.74, 6) is 1.69. The van der Waals surface area contributed by atoms with Gasteiger partial charge in [0.25, 0.3) is 0 Å². The summed E-state index contributed by atoms with van der Waals surface area (Å²) in [7, 11) is 1.72. The third kappa shape index (κ3) is 7.11. The molecule has 4 nitrogen and oxygen atoms in total. The average molecular weight is 397 g/mol. The molecule has 0 amide bonds. The molecule has 1 aliphatic rings. The Labute approximate surface area is 141 Å². The lowest BCUT2D eigenvalue weighted by Crippen LogP contribution is -2.41. The van der Waals surface area contributed by atoms with Crippen LogP contribution in [0.1, 0.15) is 46.5 Å². The molecular formula is C15H32IN3O. The largest absolute Gasteiger partial charge is 0.383 e.